The van der Waals surface area contributed by atoms with E-state index in [1.165, 1.54) is 7.11 Å². The zero-order valence-corrected chi connectivity index (χ0v) is 27.1. The van der Waals surface area contributed by atoms with E-state index in [9.17, 15) is 4.79 Å². The minimum atomic E-state index is -0.431. The number of fused-ring (bicyclic) bond motifs is 2. The summed E-state index contributed by atoms with van der Waals surface area (Å²) in [5.74, 6) is 1.56. The second kappa shape index (κ2) is 13.7. The van der Waals surface area contributed by atoms with Crippen molar-refractivity contribution < 1.29 is 19.0 Å². The van der Waals surface area contributed by atoms with Crippen molar-refractivity contribution in [3.05, 3.63) is 63.3 Å². The van der Waals surface area contributed by atoms with E-state index in [1.54, 1.807) is 25.4 Å². The van der Waals surface area contributed by atoms with Gasteiger partial charge in [0.1, 0.15) is 21.5 Å². The summed E-state index contributed by atoms with van der Waals surface area (Å²) in [4.78, 5) is 26.3. The summed E-state index contributed by atoms with van der Waals surface area (Å²) in [5.41, 5.74) is 3.75. The van der Waals surface area contributed by atoms with Crippen LogP contribution in [-0.4, -0.2) is 50.9 Å². The minimum Gasteiger partial charge on any atom is -0.494 e. The first kappa shape index (κ1) is 30.0. The number of carbonyl (C=O) groups is 1. The molecule has 0 radical (unpaired) electrons. The number of pyridine rings is 2. The number of aryl methyl sites for hydroxylation is 2. The van der Waals surface area contributed by atoms with Crippen molar-refractivity contribution in [3.63, 3.8) is 0 Å². The number of esters is 1. The fourth-order valence-electron chi connectivity index (χ4n) is 5.17. The van der Waals surface area contributed by atoms with Gasteiger partial charge in [-0.05, 0) is 87.2 Å². The summed E-state index contributed by atoms with van der Waals surface area (Å²) in [6.07, 6.45) is 8.29. The van der Waals surface area contributed by atoms with Gasteiger partial charge in [-0.15, -0.1) is 0 Å². The maximum Gasteiger partial charge on any atom is 0.338 e. The molecule has 0 saturated heterocycles. The predicted octanol–water partition coefficient (Wildman–Crippen LogP) is 7.72. The average Bonchev–Trinajstić information content (AvgIpc) is 3.52. The molecule has 0 unspecified atom stereocenters. The molecule has 9 nitrogen and oxygen atoms in total. The predicted molar refractivity (Wildman–Crippen MR) is 170 cm³/mol. The monoisotopic (exact) mass is 697 g/mol. The van der Waals surface area contributed by atoms with Gasteiger partial charge in [-0.3, -0.25) is 0 Å². The standard InChI is InChI=1S/C31H33Br2N5O4/c1-37-27-23(17-21(31(39)41-3)19-25(27)40-2)35-29(37)24-18-20-12-13-26(33)36-28(20)38(24)15-8-6-4-5-7-9-16-42-30-22(32)11-10-14-34-30/h10-14,17-19H,4-9,15-16H2,1-3H3. The highest BCUT2D eigenvalue weighted by atomic mass is 79.9. The van der Waals surface area contributed by atoms with Crippen molar-refractivity contribution in [2.24, 2.45) is 7.05 Å². The molecule has 0 atom stereocenters. The number of rotatable bonds is 13. The van der Waals surface area contributed by atoms with Crippen molar-refractivity contribution in [2.45, 2.75) is 45.1 Å². The molecule has 0 N–H and O–H groups in total. The first-order valence-electron chi connectivity index (χ1n) is 13.9. The molecule has 4 aromatic heterocycles. The summed E-state index contributed by atoms with van der Waals surface area (Å²) in [6, 6.07) is 13.4. The van der Waals surface area contributed by atoms with Gasteiger partial charge in [0.05, 0.1) is 42.1 Å². The molecule has 0 bridgehead atoms. The van der Waals surface area contributed by atoms with Crippen molar-refractivity contribution in [2.75, 3.05) is 20.8 Å². The lowest BCUT2D eigenvalue weighted by molar-refractivity contribution is 0.0600. The molecule has 0 aliphatic carbocycles. The van der Waals surface area contributed by atoms with Crippen LogP contribution in [0.1, 0.15) is 48.9 Å². The molecule has 4 heterocycles. The van der Waals surface area contributed by atoms with E-state index in [2.05, 4.69) is 53.5 Å². The Morgan fingerprint density at radius 2 is 1.74 bits per heavy atom. The van der Waals surface area contributed by atoms with Crippen LogP contribution in [0.2, 0.25) is 0 Å². The van der Waals surface area contributed by atoms with Crippen molar-refractivity contribution in [3.8, 4) is 23.1 Å². The number of nitrogens with zero attached hydrogens (tertiary/aromatic N) is 5. The third-order valence-electron chi connectivity index (χ3n) is 7.25. The quantitative estimate of drug-likeness (QED) is 0.0706. The first-order chi connectivity index (χ1) is 20.4. The van der Waals surface area contributed by atoms with Crippen LogP contribution in [0.3, 0.4) is 0 Å². The molecule has 0 aliphatic heterocycles. The van der Waals surface area contributed by atoms with Gasteiger partial charge in [-0.2, -0.15) is 0 Å². The molecule has 0 spiro atoms. The highest BCUT2D eigenvalue weighted by Crippen LogP contribution is 2.34. The normalized spacial score (nSPS) is 11.4. The third-order valence-corrected chi connectivity index (χ3v) is 8.30. The molecule has 0 fully saturated rings. The number of hydrogen-bond acceptors (Lipinski definition) is 7. The van der Waals surface area contributed by atoms with Crippen LogP contribution in [0.5, 0.6) is 11.6 Å². The molecular formula is C31H33Br2N5O4. The van der Waals surface area contributed by atoms with E-state index < -0.39 is 5.97 Å². The van der Waals surface area contributed by atoms with Gasteiger partial charge in [0, 0.05) is 25.2 Å². The largest absolute Gasteiger partial charge is 0.494 e. The third kappa shape index (κ3) is 6.47. The minimum absolute atomic E-state index is 0.397. The van der Waals surface area contributed by atoms with Crippen LogP contribution >= 0.6 is 31.9 Å². The average molecular weight is 699 g/mol. The Balaban J connectivity index is 1.28. The van der Waals surface area contributed by atoms with Gasteiger partial charge in [0.25, 0.3) is 0 Å². The number of methoxy groups -OCH3 is 2. The lowest BCUT2D eigenvalue weighted by Gasteiger charge is -2.11. The summed E-state index contributed by atoms with van der Waals surface area (Å²) >= 11 is 7.01. The lowest BCUT2D eigenvalue weighted by atomic mass is 10.1. The van der Waals surface area contributed by atoms with Crippen LogP contribution in [0, 0.1) is 0 Å². The smallest absolute Gasteiger partial charge is 0.338 e. The van der Waals surface area contributed by atoms with Crippen LogP contribution in [0.4, 0.5) is 0 Å². The molecule has 0 amide bonds. The topological polar surface area (TPSA) is 93.3 Å². The number of carbonyl (C=O) groups excluding carboxylic acids is 1. The van der Waals surface area contributed by atoms with Gasteiger partial charge in [-0.25, -0.2) is 19.7 Å². The fraction of sp³-hybridized carbons (Fsp3) is 0.355. The number of aromatic nitrogens is 5. The van der Waals surface area contributed by atoms with Crippen LogP contribution in [-0.2, 0) is 18.3 Å². The molecule has 0 saturated carbocycles. The summed E-state index contributed by atoms with van der Waals surface area (Å²) in [5, 5.41) is 1.04. The summed E-state index contributed by atoms with van der Waals surface area (Å²) in [7, 11) is 4.92. The first-order valence-corrected chi connectivity index (χ1v) is 15.5. The van der Waals surface area contributed by atoms with E-state index in [0.29, 0.717) is 29.3 Å². The van der Waals surface area contributed by atoms with Crippen LogP contribution < -0.4 is 9.47 Å². The number of imidazole rings is 1. The lowest BCUT2D eigenvalue weighted by Crippen LogP contribution is -2.05. The van der Waals surface area contributed by atoms with Crippen LogP contribution in [0.15, 0.2) is 57.7 Å². The van der Waals surface area contributed by atoms with Crippen molar-refractivity contribution >= 4 is 59.9 Å². The van der Waals surface area contributed by atoms with Gasteiger partial charge >= 0.3 is 5.97 Å². The van der Waals surface area contributed by atoms with Crippen molar-refractivity contribution in [1.82, 2.24) is 24.1 Å². The SMILES string of the molecule is COC(=O)c1cc(OC)c2c(c1)nc(-c1cc3ccc(Br)nc3n1CCCCCCCCOc1ncccc1Br)n2C. The van der Waals surface area contributed by atoms with Gasteiger partial charge in [-0.1, -0.05) is 25.7 Å². The molecule has 5 rings (SSSR count). The molecular weight excluding hydrogens is 666 g/mol. The molecule has 11 heteroatoms. The molecule has 5 aromatic rings. The highest BCUT2D eigenvalue weighted by Gasteiger charge is 2.21. The van der Waals surface area contributed by atoms with Crippen molar-refractivity contribution in [1.29, 1.82) is 0 Å². The van der Waals surface area contributed by atoms with E-state index in [4.69, 9.17) is 24.2 Å². The van der Waals surface area contributed by atoms with E-state index >= 15 is 0 Å². The maximum absolute atomic E-state index is 12.3. The number of benzene rings is 1. The Morgan fingerprint density at radius 3 is 2.50 bits per heavy atom. The van der Waals surface area contributed by atoms with E-state index in [-0.39, 0.29) is 0 Å². The molecule has 220 valence electrons. The Bertz CT molecular complexity index is 1720. The van der Waals surface area contributed by atoms with E-state index in [0.717, 1.165) is 82.2 Å². The number of hydrogen-bond donors (Lipinski definition) is 0. The zero-order chi connectivity index (χ0) is 29.6. The number of unbranched alkanes of at least 4 members (excludes halogenated alkanes) is 5. The summed E-state index contributed by atoms with van der Waals surface area (Å²) < 4.78 is 22.3. The zero-order valence-electron chi connectivity index (χ0n) is 23.9. The molecule has 1 aromatic carbocycles. The maximum atomic E-state index is 12.3. The fourth-order valence-corrected chi connectivity index (χ4v) is 5.84. The molecule has 42 heavy (non-hydrogen) atoms. The van der Waals surface area contributed by atoms with Gasteiger partial charge in [0.2, 0.25) is 5.88 Å². The second-order valence-electron chi connectivity index (χ2n) is 10.0. The Morgan fingerprint density at radius 1 is 0.952 bits per heavy atom. The highest BCUT2D eigenvalue weighted by molar-refractivity contribution is 9.10. The van der Waals surface area contributed by atoms with Gasteiger partial charge in [0.15, 0.2) is 5.82 Å². The number of ether oxygens (including phenoxy) is 3. The second-order valence-corrected chi connectivity index (χ2v) is 11.7. The molecule has 0 aliphatic rings. The van der Waals surface area contributed by atoms with Crippen LogP contribution in [0.25, 0.3) is 33.6 Å². The van der Waals surface area contributed by atoms with E-state index in [1.807, 2.05) is 29.8 Å². The van der Waals surface area contributed by atoms with Gasteiger partial charge < -0.3 is 23.3 Å². The Kier molecular flexibility index (Phi) is 9.79. The summed E-state index contributed by atoms with van der Waals surface area (Å²) in [6.45, 7) is 1.48. The Labute approximate surface area is 261 Å². The Hall–Kier alpha value is -3.44. The number of halogens is 2.